The fourth-order valence-corrected chi connectivity index (χ4v) is 9.78. The maximum Gasteiger partial charge on any atom is 0.343 e. The number of phosphoric acid groups is 1. The summed E-state index contributed by atoms with van der Waals surface area (Å²) in [7, 11) is 1.18. The topological polar surface area (TPSA) is 193 Å². The van der Waals surface area contributed by atoms with Crippen LogP contribution in [-0.4, -0.2) is 90.7 Å². The number of nitrogens with zero attached hydrogens (tertiary/aromatic N) is 3. The number of phosphoric ester groups is 1. The quantitative estimate of drug-likeness (QED) is 0.0151. The van der Waals surface area contributed by atoms with E-state index in [0.29, 0.717) is 40.8 Å². The van der Waals surface area contributed by atoms with Crippen LogP contribution in [0.5, 0.6) is 0 Å². The zero-order valence-corrected chi connectivity index (χ0v) is 45.6. The number of hydrogen-bond acceptors (Lipinski definition) is 13. The van der Waals surface area contributed by atoms with Crippen molar-refractivity contribution >= 4 is 36.6 Å². The predicted molar refractivity (Wildman–Crippen MR) is 280 cm³/mol. The maximum absolute atomic E-state index is 13.0. The molecule has 0 aliphatic carbocycles. The van der Waals surface area contributed by atoms with Crippen LogP contribution in [0.15, 0.2) is 41.2 Å². The third-order valence-electron chi connectivity index (χ3n) is 13.5. The minimum atomic E-state index is -4.60. The molecule has 3 aromatic rings. The lowest BCUT2D eigenvalue weighted by Gasteiger charge is -2.31. The van der Waals surface area contributed by atoms with Crippen LogP contribution in [0.4, 0.5) is 0 Å². The highest BCUT2D eigenvalue weighted by atomic mass is 31.2. The highest BCUT2D eigenvalue weighted by Gasteiger charge is 2.45. The van der Waals surface area contributed by atoms with E-state index < -0.39 is 38.1 Å². The summed E-state index contributed by atoms with van der Waals surface area (Å²) in [5.74, 6) is -1.54. The van der Waals surface area contributed by atoms with Crippen molar-refractivity contribution < 1.29 is 56.7 Å². The molecule has 2 aliphatic rings. The third-order valence-corrected chi connectivity index (χ3v) is 14.5. The Labute approximate surface area is 429 Å². The van der Waals surface area contributed by atoms with Gasteiger partial charge in [0.25, 0.3) is 13.4 Å². The molecule has 2 aliphatic heterocycles. The van der Waals surface area contributed by atoms with E-state index in [0.717, 1.165) is 54.3 Å². The summed E-state index contributed by atoms with van der Waals surface area (Å²) in [5, 5.41) is 11.8. The average Bonchev–Trinajstić information content (AvgIpc) is 3.71. The molecule has 0 saturated heterocycles. The smallest absolute Gasteiger partial charge is 0.343 e. The van der Waals surface area contributed by atoms with Gasteiger partial charge in [0.05, 0.1) is 56.8 Å². The lowest BCUT2D eigenvalue weighted by Crippen LogP contribution is -2.44. The molecule has 0 fully saturated rings. The van der Waals surface area contributed by atoms with Crippen molar-refractivity contribution in [2.24, 2.45) is 0 Å². The molecule has 404 valence electrons. The number of cyclic esters (lactones) is 1. The number of ether oxygens (including phenoxy) is 3. The molecule has 15 nitrogen and oxygen atoms in total. The first-order valence-electron chi connectivity index (χ1n) is 27.3. The number of aliphatic hydroxyl groups is 1. The number of benzene rings is 1. The summed E-state index contributed by atoms with van der Waals surface area (Å²) in [6.07, 6.45) is 25.7. The van der Waals surface area contributed by atoms with Gasteiger partial charge in [-0.15, -0.1) is 0 Å². The number of fused-ring (bicyclic) bond motifs is 5. The zero-order chi connectivity index (χ0) is 52.4. The summed E-state index contributed by atoms with van der Waals surface area (Å²) < 4.78 is 40.4. The van der Waals surface area contributed by atoms with E-state index in [2.05, 4.69) is 13.8 Å². The van der Waals surface area contributed by atoms with E-state index in [4.69, 9.17) is 28.2 Å². The number of unbranched alkanes of at least 4 members (excludes halogenated alkanes) is 20. The van der Waals surface area contributed by atoms with Gasteiger partial charge in [-0.2, -0.15) is 0 Å². The minimum Gasteiger partial charge on any atom is -0.756 e. The molecule has 3 atom stereocenters. The Balaban J connectivity index is 0.000000357. The fraction of sp³-hybridized carbons (Fsp3) is 0.696. The molecule has 2 unspecified atom stereocenters. The summed E-state index contributed by atoms with van der Waals surface area (Å²) in [6.45, 7) is 6.22. The molecule has 72 heavy (non-hydrogen) atoms. The van der Waals surface area contributed by atoms with Crippen LogP contribution in [-0.2, 0) is 61.0 Å². The lowest BCUT2D eigenvalue weighted by atomic mass is 9.86. The number of likely N-dealkylation sites (N-methyl/N-ethyl adjacent to an activating group) is 1. The van der Waals surface area contributed by atoms with Gasteiger partial charge in [-0.05, 0) is 37.5 Å². The Bertz CT molecular complexity index is 2240. The molecule has 0 saturated carbocycles. The SMILES string of the molecule is CCCCCCCCCCCCCC(=O)OCC(COP(=O)([O-])OCC[N+](C)(C)C)OC(=O)CCCCCCCCCCCCC.CC[C@@]1(O)C(=O)OCc2c1cc1n(c2=O)Cc2cc3ccccc3nc2-1. The second kappa shape index (κ2) is 31.7. The number of quaternary nitrogens is 1. The lowest BCUT2D eigenvalue weighted by molar-refractivity contribution is -0.870. The van der Waals surface area contributed by atoms with E-state index in [-0.39, 0.29) is 50.6 Å². The molecule has 16 heteroatoms. The molecule has 1 aromatic carbocycles. The Morgan fingerprint density at radius 3 is 1.88 bits per heavy atom. The van der Waals surface area contributed by atoms with E-state index in [1.807, 2.05) is 51.5 Å². The molecule has 4 heterocycles. The van der Waals surface area contributed by atoms with Crippen LogP contribution in [0.2, 0.25) is 0 Å². The zero-order valence-electron chi connectivity index (χ0n) is 44.7. The monoisotopic (exact) mass is 1030 g/mol. The van der Waals surface area contributed by atoms with Crippen LogP contribution in [0, 0.1) is 0 Å². The Hall–Kier alpha value is -3.98. The van der Waals surface area contributed by atoms with Gasteiger partial charge < -0.3 is 42.3 Å². The van der Waals surface area contributed by atoms with Gasteiger partial charge in [0.15, 0.2) is 11.7 Å². The summed E-state index contributed by atoms with van der Waals surface area (Å²) in [6, 6.07) is 11.6. The van der Waals surface area contributed by atoms with Crippen molar-refractivity contribution in [3.8, 4) is 11.4 Å². The van der Waals surface area contributed by atoms with Crippen molar-refractivity contribution in [1.29, 1.82) is 0 Å². The molecule has 5 rings (SSSR count). The minimum absolute atomic E-state index is 0.0263. The Morgan fingerprint density at radius 1 is 0.778 bits per heavy atom. The molecule has 2 aromatic heterocycles. The molecule has 0 radical (unpaired) electrons. The van der Waals surface area contributed by atoms with Crippen molar-refractivity contribution in [3.05, 3.63) is 63.4 Å². The summed E-state index contributed by atoms with van der Waals surface area (Å²) >= 11 is 0. The van der Waals surface area contributed by atoms with Gasteiger partial charge in [0.2, 0.25) is 0 Å². The van der Waals surface area contributed by atoms with Gasteiger partial charge in [0.1, 0.15) is 26.4 Å². The Kier molecular flexibility index (Phi) is 26.7. The van der Waals surface area contributed by atoms with Gasteiger partial charge in [0, 0.05) is 29.4 Å². The van der Waals surface area contributed by atoms with Crippen molar-refractivity contribution in [3.63, 3.8) is 0 Å². The van der Waals surface area contributed by atoms with Gasteiger partial charge in [-0.25, -0.2) is 9.78 Å². The summed E-state index contributed by atoms with van der Waals surface area (Å²) in [5.41, 5.74) is 1.81. The average molecular weight is 1030 g/mol. The standard InChI is InChI=1S/C36H72NO8P.C20H16N2O4/c1-6-8-10-12-14-16-18-20-22-24-26-28-35(38)42-32-34(33-44-46(40,41)43-31-30-37(3,4)5)45-36(39)29-27-25-23-21-19-17-15-13-11-9-7-2;1-2-20(25)14-8-16-17-12(7-11-5-3-4-6-15(11)21-17)9-22(16)18(23)13(14)10-26-19(20)24/h34H,6-33H2,1-5H3;3-8,25H,2,9-10H2,1H3/t;20-/m.0/s1. The molecular weight excluding hydrogens is 938 g/mol. The highest BCUT2D eigenvalue weighted by molar-refractivity contribution is 7.45. The second-order valence-electron chi connectivity index (χ2n) is 20.7. The molecular formula is C56H88N3O12P. The molecule has 0 bridgehead atoms. The number of carbonyl (C=O) groups excluding carboxylic acids is 3. The van der Waals surface area contributed by atoms with Crippen molar-refractivity contribution in [2.45, 2.75) is 206 Å². The van der Waals surface area contributed by atoms with E-state index >= 15 is 0 Å². The van der Waals surface area contributed by atoms with Gasteiger partial charge in [-0.3, -0.25) is 18.9 Å². The van der Waals surface area contributed by atoms with E-state index in [9.17, 15) is 33.7 Å². The first-order valence-corrected chi connectivity index (χ1v) is 28.8. The van der Waals surface area contributed by atoms with Crippen LogP contribution in [0.25, 0.3) is 22.3 Å². The second-order valence-corrected chi connectivity index (χ2v) is 22.2. The summed E-state index contributed by atoms with van der Waals surface area (Å²) in [4.78, 5) is 67.1. The van der Waals surface area contributed by atoms with Crippen LogP contribution < -0.4 is 10.5 Å². The predicted octanol–water partition coefficient (Wildman–Crippen LogP) is 11.1. The van der Waals surface area contributed by atoms with Gasteiger partial charge >= 0.3 is 17.9 Å². The molecule has 0 spiro atoms. The normalized spacial score (nSPS) is 16.2. The number of carbonyl (C=O) groups is 3. The number of esters is 3. The molecule has 1 N–H and O–H groups in total. The van der Waals surface area contributed by atoms with Crippen LogP contribution in [0.3, 0.4) is 0 Å². The van der Waals surface area contributed by atoms with Crippen molar-refractivity contribution in [2.75, 3.05) is 47.5 Å². The fourth-order valence-electron chi connectivity index (χ4n) is 9.05. The number of pyridine rings is 2. The van der Waals surface area contributed by atoms with Gasteiger partial charge in [-0.1, -0.05) is 167 Å². The number of para-hydroxylation sites is 1. The molecule has 0 amide bonds. The van der Waals surface area contributed by atoms with Crippen molar-refractivity contribution in [1.82, 2.24) is 9.55 Å². The largest absolute Gasteiger partial charge is 0.756 e. The highest BCUT2D eigenvalue weighted by Crippen LogP contribution is 2.40. The number of hydrogen-bond donors (Lipinski definition) is 1. The van der Waals surface area contributed by atoms with Crippen LogP contribution in [0.1, 0.15) is 198 Å². The first-order chi connectivity index (χ1) is 34.5. The number of aromatic nitrogens is 2. The van der Waals surface area contributed by atoms with E-state index in [1.165, 1.54) is 103 Å². The van der Waals surface area contributed by atoms with Crippen LogP contribution >= 0.6 is 7.82 Å². The maximum atomic E-state index is 13.0. The number of rotatable bonds is 35. The first kappa shape index (κ1) is 60.6. The third kappa shape index (κ3) is 20.7. The Morgan fingerprint density at radius 2 is 1.32 bits per heavy atom. The van der Waals surface area contributed by atoms with E-state index in [1.54, 1.807) is 17.6 Å².